The summed E-state index contributed by atoms with van der Waals surface area (Å²) in [5.74, 6) is -0.209. The molecule has 1 fully saturated rings. The molecule has 0 N–H and O–H groups in total. The van der Waals surface area contributed by atoms with Crippen molar-refractivity contribution in [3.05, 3.63) is 44.9 Å². The van der Waals surface area contributed by atoms with E-state index in [0.717, 1.165) is 6.20 Å². The van der Waals surface area contributed by atoms with Gasteiger partial charge >= 0.3 is 6.18 Å². The number of amides is 1. The molecule has 1 aromatic heterocycles. The van der Waals surface area contributed by atoms with Crippen molar-refractivity contribution >= 4 is 45.6 Å². The number of piperazine rings is 1. The van der Waals surface area contributed by atoms with Crippen LogP contribution < -0.4 is 4.90 Å². The molecule has 0 bridgehead atoms. The largest absolute Gasteiger partial charge is 0.427 e. The van der Waals surface area contributed by atoms with Crippen LogP contribution in [0.15, 0.2) is 24.4 Å². The molecule has 0 radical (unpaired) electrons. The van der Waals surface area contributed by atoms with Crippen LogP contribution in [-0.4, -0.2) is 42.0 Å². The van der Waals surface area contributed by atoms with Crippen LogP contribution in [0, 0.1) is 0 Å². The second-order valence-electron chi connectivity index (χ2n) is 5.44. The summed E-state index contributed by atoms with van der Waals surface area (Å²) in [6, 6.07) is 4.62. The Labute approximate surface area is 155 Å². The van der Waals surface area contributed by atoms with Crippen molar-refractivity contribution < 1.29 is 18.0 Å². The van der Waals surface area contributed by atoms with E-state index in [2.05, 4.69) is 4.98 Å². The van der Waals surface area contributed by atoms with Crippen LogP contribution in [0.3, 0.4) is 0 Å². The fourth-order valence-electron chi connectivity index (χ4n) is 2.50. The van der Waals surface area contributed by atoms with Crippen molar-refractivity contribution in [1.29, 1.82) is 0 Å². The number of hydrogen-bond donors (Lipinski definition) is 0. The molecule has 134 valence electrons. The second kappa shape index (κ2) is 7.01. The zero-order valence-corrected chi connectivity index (χ0v) is 15.0. The number of carbonyl (C=O) groups excluding carboxylic acids is 1. The maximum absolute atomic E-state index is 12.7. The summed E-state index contributed by atoms with van der Waals surface area (Å²) in [5, 5.41) is 1.05. The molecule has 2 aromatic rings. The number of nitrogens with zero attached hydrogens (tertiary/aromatic N) is 3. The smallest absolute Gasteiger partial charge is 0.345 e. The van der Waals surface area contributed by atoms with E-state index in [1.54, 1.807) is 28.0 Å². The molecule has 2 heterocycles. The van der Waals surface area contributed by atoms with Crippen molar-refractivity contribution in [3.63, 3.8) is 0 Å². The van der Waals surface area contributed by atoms with Crippen LogP contribution in [0.25, 0.3) is 0 Å². The Morgan fingerprint density at radius 3 is 2.20 bits per heavy atom. The molecule has 0 spiro atoms. The average Bonchev–Trinajstić information content (AvgIpc) is 3.03. The van der Waals surface area contributed by atoms with Gasteiger partial charge in [0.05, 0.1) is 6.20 Å². The number of carbonyl (C=O) groups is 1. The minimum atomic E-state index is -4.39. The SMILES string of the molecule is O=C(c1cc(Cl)cc(Cl)c1)N1CCN(c2ncc(C(F)(F)F)s2)CC1. The van der Waals surface area contributed by atoms with E-state index in [9.17, 15) is 18.0 Å². The Kier molecular flexibility index (Phi) is 5.13. The van der Waals surface area contributed by atoms with Gasteiger partial charge in [-0.25, -0.2) is 4.98 Å². The molecule has 1 amide bonds. The standard InChI is InChI=1S/C15H12Cl2F3N3OS/c16-10-5-9(6-11(17)7-10)13(24)22-1-3-23(4-2-22)14-21-8-12(25-14)15(18,19)20/h5-8H,1-4H2. The summed E-state index contributed by atoms with van der Waals surface area (Å²) in [7, 11) is 0. The fraction of sp³-hybridized carbons (Fsp3) is 0.333. The first-order valence-electron chi connectivity index (χ1n) is 7.27. The summed E-state index contributed by atoms with van der Waals surface area (Å²) in [6.07, 6.45) is -3.55. The monoisotopic (exact) mass is 409 g/mol. The maximum atomic E-state index is 12.7. The average molecular weight is 410 g/mol. The highest BCUT2D eigenvalue weighted by Crippen LogP contribution is 2.36. The van der Waals surface area contributed by atoms with Gasteiger partial charge in [-0.15, -0.1) is 0 Å². The third-order valence-electron chi connectivity index (χ3n) is 3.72. The first-order chi connectivity index (χ1) is 11.7. The first kappa shape index (κ1) is 18.3. The van der Waals surface area contributed by atoms with Crippen LogP contribution in [-0.2, 0) is 6.18 Å². The van der Waals surface area contributed by atoms with Gasteiger partial charge < -0.3 is 9.80 Å². The molecule has 3 rings (SSSR count). The number of anilines is 1. The van der Waals surface area contributed by atoms with Crippen LogP contribution in [0.5, 0.6) is 0 Å². The van der Waals surface area contributed by atoms with E-state index in [0.29, 0.717) is 58.3 Å². The molecule has 1 saturated heterocycles. The summed E-state index contributed by atoms with van der Waals surface area (Å²) >= 11 is 12.4. The van der Waals surface area contributed by atoms with Gasteiger partial charge in [-0.3, -0.25) is 4.79 Å². The van der Waals surface area contributed by atoms with Crippen LogP contribution in [0.1, 0.15) is 15.2 Å². The van der Waals surface area contributed by atoms with Gasteiger partial charge in [-0.2, -0.15) is 13.2 Å². The minimum absolute atomic E-state index is 0.209. The van der Waals surface area contributed by atoms with E-state index >= 15 is 0 Å². The molecule has 10 heteroatoms. The van der Waals surface area contributed by atoms with Crippen LogP contribution in [0.4, 0.5) is 18.3 Å². The lowest BCUT2D eigenvalue weighted by atomic mass is 10.2. The lowest BCUT2D eigenvalue weighted by Crippen LogP contribution is -2.48. The van der Waals surface area contributed by atoms with Gasteiger partial charge in [0.15, 0.2) is 5.13 Å². The lowest BCUT2D eigenvalue weighted by Gasteiger charge is -2.34. The molecule has 1 aliphatic heterocycles. The molecular formula is C15H12Cl2F3N3OS. The molecule has 0 unspecified atom stereocenters. The lowest BCUT2D eigenvalue weighted by molar-refractivity contribution is -0.134. The summed E-state index contributed by atoms with van der Waals surface area (Å²) in [6.45, 7) is 1.57. The van der Waals surface area contributed by atoms with E-state index in [1.165, 1.54) is 0 Å². The maximum Gasteiger partial charge on any atom is 0.427 e. The number of alkyl halides is 3. The van der Waals surface area contributed by atoms with Crippen molar-refractivity contribution in [3.8, 4) is 0 Å². The normalized spacial score (nSPS) is 15.6. The first-order valence-corrected chi connectivity index (χ1v) is 8.84. The number of aromatic nitrogens is 1. The highest BCUT2D eigenvalue weighted by Gasteiger charge is 2.34. The molecule has 0 aliphatic carbocycles. The predicted octanol–water partition coefficient (Wildman–Crippen LogP) is 4.43. The van der Waals surface area contributed by atoms with Gasteiger partial charge in [0, 0.05) is 41.8 Å². The third kappa shape index (κ3) is 4.19. The molecule has 0 saturated carbocycles. The fourth-order valence-corrected chi connectivity index (χ4v) is 3.86. The summed E-state index contributed by atoms with van der Waals surface area (Å²) in [5.41, 5.74) is 0.388. The molecule has 25 heavy (non-hydrogen) atoms. The third-order valence-corrected chi connectivity index (χ3v) is 5.26. The quantitative estimate of drug-likeness (QED) is 0.735. The number of halogens is 5. The Morgan fingerprint density at radius 2 is 1.68 bits per heavy atom. The van der Waals surface area contributed by atoms with Gasteiger partial charge in [0.25, 0.3) is 5.91 Å². The van der Waals surface area contributed by atoms with Crippen molar-refractivity contribution in [1.82, 2.24) is 9.88 Å². The molecule has 4 nitrogen and oxygen atoms in total. The van der Waals surface area contributed by atoms with Crippen molar-refractivity contribution in [2.24, 2.45) is 0 Å². The Morgan fingerprint density at radius 1 is 1.08 bits per heavy atom. The van der Waals surface area contributed by atoms with E-state index in [1.807, 2.05) is 0 Å². The Balaban J connectivity index is 1.65. The molecule has 1 aliphatic rings. The van der Waals surface area contributed by atoms with Crippen molar-refractivity contribution in [2.75, 3.05) is 31.1 Å². The topological polar surface area (TPSA) is 36.4 Å². The zero-order chi connectivity index (χ0) is 18.2. The summed E-state index contributed by atoms with van der Waals surface area (Å²) < 4.78 is 38.0. The number of hydrogen-bond acceptors (Lipinski definition) is 4. The van der Waals surface area contributed by atoms with Gasteiger partial charge in [-0.05, 0) is 18.2 Å². The Hall–Kier alpha value is -1.51. The van der Waals surface area contributed by atoms with E-state index < -0.39 is 11.1 Å². The van der Waals surface area contributed by atoms with E-state index in [4.69, 9.17) is 23.2 Å². The van der Waals surface area contributed by atoms with Gasteiger partial charge in [-0.1, -0.05) is 34.5 Å². The van der Waals surface area contributed by atoms with Gasteiger partial charge in [0.1, 0.15) is 4.88 Å². The second-order valence-corrected chi connectivity index (χ2v) is 7.32. The zero-order valence-electron chi connectivity index (χ0n) is 12.7. The molecular weight excluding hydrogens is 398 g/mol. The minimum Gasteiger partial charge on any atom is -0.345 e. The van der Waals surface area contributed by atoms with E-state index in [-0.39, 0.29) is 5.91 Å². The number of rotatable bonds is 2. The van der Waals surface area contributed by atoms with Gasteiger partial charge in [0.2, 0.25) is 0 Å². The highest BCUT2D eigenvalue weighted by molar-refractivity contribution is 7.15. The number of thiazole rings is 1. The Bertz CT molecular complexity index is 768. The number of benzene rings is 1. The van der Waals surface area contributed by atoms with Crippen LogP contribution in [0.2, 0.25) is 10.0 Å². The molecule has 1 aromatic carbocycles. The van der Waals surface area contributed by atoms with Crippen molar-refractivity contribution in [2.45, 2.75) is 6.18 Å². The highest BCUT2D eigenvalue weighted by atomic mass is 35.5. The van der Waals surface area contributed by atoms with Crippen LogP contribution >= 0.6 is 34.5 Å². The molecule has 0 atom stereocenters. The predicted molar refractivity (Wildman–Crippen MR) is 91.7 cm³/mol. The summed E-state index contributed by atoms with van der Waals surface area (Å²) in [4.78, 5) is 19.0.